The highest BCUT2D eigenvalue weighted by molar-refractivity contribution is 5.92. The van der Waals surface area contributed by atoms with E-state index in [-0.39, 0.29) is 23.5 Å². The van der Waals surface area contributed by atoms with Crippen molar-refractivity contribution in [1.82, 2.24) is 15.5 Å². The first-order valence-corrected chi connectivity index (χ1v) is 14.3. The highest BCUT2D eigenvalue weighted by atomic mass is 16.6. The number of rotatable bonds is 14. The van der Waals surface area contributed by atoms with Gasteiger partial charge in [0.05, 0.1) is 0 Å². The van der Waals surface area contributed by atoms with Crippen LogP contribution in [0.15, 0.2) is 54.6 Å². The zero-order chi connectivity index (χ0) is 29.7. The summed E-state index contributed by atoms with van der Waals surface area (Å²) in [6, 6.07) is 14.1. The molecule has 0 heterocycles. The van der Waals surface area contributed by atoms with Crippen molar-refractivity contribution < 1.29 is 24.2 Å². The summed E-state index contributed by atoms with van der Waals surface area (Å²) >= 11 is 0. The fourth-order valence-electron chi connectivity index (χ4n) is 4.43. The Hall–Kier alpha value is -3.55. The lowest BCUT2D eigenvalue weighted by atomic mass is 9.98. The van der Waals surface area contributed by atoms with Crippen LogP contribution in [0.2, 0.25) is 0 Å². The van der Waals surface area contributed by atoms with E-state index in [2.05, 4.69) is 17.6 Å². The van der Waals surface area contributed by atoms with Gasteiger partial charge in [-0.05, 0) is 62.8 Å². The maximum atomic E-state index is 14.2. The largest absolute Gasteiger partial charge is 0.508 e. The smallest absolute Gasteiger partial charge is 0.408 e. The standard InChI is InChI=1S/C32H47N3O5/c1-7-8-9-13-20-35(30(38)27(21-23(2)3)34-31(39)40-32(4,5)6)28(25-16-18-26(36)19-17-25)29(37)33-22-24-14-11-10-12-15-24/h10-12,14-19,23,27-28,36H,7-9,13,20-22H2,1-6H3,(H,33,37)(H,34,39). The zero-order valence-corrected chi connectivity index (χ0v) is 24.9. The Morgan fingerprint density at radius 2 is 1.60 bits per heavy atom. The maximum Gasteiger partial charge on any atom is 0.408 e. The number of nitrogens with one attached hydrogen (secondary N) is 2. The van der Waals surface area contributed by atoms with E-state index >= 15 is 0 Å². The van der Waals surface area contributed by atoms with Crippen LogP contribution in [-0.4, -0.2) is 46.1 Å². The predicted octanol–water partition coefficient (Wildman–Crippen LogP) is 6.10. The van der Waals surface area contributed by atoms with E-state index in [4.69, 9.17) is 4.74 Å². The summed E-state index contributed by atoms with van der Waals surface area (Å²) in [5.41, 5.74) is 0.791. The van der Waals surface area contributed by atoms with Crippen molar-refractivity contribution in [2.45, 2.75) is 97.9 Å². The van der Waals surface area contributed by atoms with Crippen LogP contribution in [0.1, 0.15) is 90.8 Å². The first-order valence-electron chi connectivity index (χ1n) is 14.3. The van der Waals surface area contributed by atoms with Crippen LogP contribution >= 0.6 is 0 Å². The Balaban J connectivity index is 2.46. The molecule has 0 spiro atoms. The summed E-state index contributed by atoms with van der Waals surface area (Å²) < 4.78 is 5.46. The Kier molecular flexibility index (Phi) is 13.0. The van der Waals surface area contributed by atoms with E-state index in [9.17, 15) is 19.5 Å². The lowest BCUT2D eigenvalue weighted by Gasteiger charge is -2.35. The highest BCUT2D eigenvalue weighted by Crippen LogP contribution is 2.26. The number of benzene rings is 2. The average Bonchev–Trinajstić information content (AvgIpc) is 2.88. The number of phenolic OH excluding ortho intramolecular Hbond substituents is 1. The molecule has 0 fully saturated rings. The lowest BCUT2D eigenvalue weighted by Crippen LogP contribution is -2.53. The van der Waals surface area contributed by atoms with E-state index in [1.54, 1.807) is 37.8 Å². The van der Waals surface area contributed by atoms with Gasteiger partial charge in [-0.3, -0.25) is 9.59 Å². The van der Waals surface area contributed by atoms with Crippen LogP contribution in [0.25, 0.3) is 0 Å². The molecule has 3 N–H and O–H groups in total. The molecule has 0 aliphatic carbocycles. The van der Waals surface area contributed by atoms with Gasteiger partial charge in [0.25, 0.3) is 0 Å². The zero-order valence-electron chi connectivity index (χ0n) is 24.9. The van der Waals surface area contributed by atoms with Crippen molar-refractivity contribution >= 4 is 17.9 Å². The van der Waals surface area contributed by atoms with Crippen molar-refractivity contribution in [3.63, 3.8) is 0 Å². The normalized spacial score (nSPS) is 12.9. The summed E-state index contributed by atoms with van der Waals surface area (Å²) in [4.78, 5) is 42.4. The molecule has 2 aromatic rings. The van der Waals surface area contributed by atoms with Crippen LogP contribution in [0.3, 0.4) is 0 Å². The van der Waals surface area contributed by atoms with Crippen molar-refractivity contribution in [1.29, 1.82) is 0 Å². The molecule has 8 heteroatoms. The Bertz CT molecular complexity index is 1060. The molecule has 2 unspecified atom stereocenters. The third kappa shape index (κ3) is 11.3. The highest BCUT2D eigenvalue weighted by Gasteiger charge is 2.36. The van der Waals surface area contributed by atoms with Gasteiger partial charge in [0.1, 0.15) is 23.4 Å². The molecule has 0 aliphatic heterocycles. The van der Waals surface area contributed by atoms with Gasteiger partial charge in [0.2, 0.25) is 11.8 Å². The number of unbranched alkanes of at least 4 members (excludes halogenated alkanes) is 3. The molecule has 0 aromatic heterocycles. The van der Waals surface area contributed by atoms with Gasteiger partial charge in [-0.25, -0.2) is 4.79 Å². The Morgan fingerprint density at radius 3 is 2.17 bits per heavy atom. The number of nitrogens with zero attached hydrogens (tertiary/aromatic N) is 1. The topological polar surface area (TPSA) is 108 Å². The average molecular weight is 554 g/mol. The lowest BCUT2D eigenvalue weighted by molar-refractivity contribution is -0.143. The minimum Gasteiger partial charge on any atom is -0.508 e. The van der Waals surface area contributed by atoms with Crippen LogP contribution < -0.4 is 10.6 Å². The first kappa shape index (κ1) is 32.7. The van der Waals surface area contributed by atoms with Crippen LogP contribution in [0, 0.1) is 5.92 Å². The van der Waals surface area contributed by atoms with Gasteiger partial charge in [0.15, 0.2) is 0 Å². The summed E-state index contributed by atoms with van der Waals surface area (Å²) in [5, 5.41) is 15.7. The molecule has 2 rings (SSSR count). The van der Waals surface area contributed by atoms with Crippen LogP contribution in [0.5, 0.6) is 5.75 Å². The van der Waals surface area contributed by atoms with Gasteiger partial charge in [-0.1, -0.05) is 82.5 Å². The third-order valence-electron chi connectivity index (χ3n) is 6.31. The minimum absolute atomic E-state index is 0.0669. The predicted molar refractivity (Wildman–Crippen MR) is 158 cm³/mol. The Labute approximate surface area is 239 Å². The summed E-state index contributed by atoms with van der Waals surface area (Å²) in [7, 11) is 0. The second-order valence-electron chi connectivity index (χ2n) is 11.6. The molecule has 8 nitrogen and oxygen atoms in total. The fraction of sp³-hybridized carbons (Fsp3) is 0.531. The molecular weight excluding hydrogens is 506 g/mol. The molecule has 0 bridgehead atoms. The number of carbonyl (C=O) groups is 3. The molecule has 220 valence electrons. The maximum absolute atomic E-state index is 14.2. The number of carbonyl (C=O) groups excluding carboxylic acids is 3. The number of hydrogen-bond acceptors (Lipinski definition) is 5. The van der Waals surface area contributed by atoms with Crippen molar-refractivity contribution in [3.05, 3.63) is 65.7 Å². The van der Waals surface area contributed by atoms with Gasteiger partial charge < -0.3 is 25.4 Å². The molecule has 3 amide bonds. The van der Waals surface area contributed by atoms with Crippen molar-refractivity contribution in [2.75, 3.05) is 6.54 Å². The monoisotopic (exact) mass is 553 g/mol. The summed E-state index contributed by atoms with van der Waals surface area (Å²) in [6.07, 6.45) is 3.37. The molecule has 0 radical (unpaired) electrons. The Morgan fingerprint density at radius 1 is 0.950 bits per heavy atom. The molecule has 2 atom stereocenters. The molecule has 40 heavy (non-hydrogen) atoms. The first-order chi connectivity index (χ1) is 18.9. The SMILES string of the molecule is CCCCCCN(C(=O)C(CC(C)C)NC(=O)OC(C)(C)C)C(C(=O)NCc1ccccc1)c1ccc(O)cc1. The third-order valence-corrected chi connectivity index (χ3v) is 6.31. The van der Waals surface area contributed by atoms with E-state index in [1.807, 2.05) is 44.2 Å². The molecule has 0 saturated carbocycles. The second kappa shape index (κ2) is 15.9. The fourth-order valence-corrected chi connectivity index (χ4v) is 4.43. The number of aromatic hydroxyl groups is 1. The molecule has 2 aromatic carbocycles. The van der Waals surface area contributed by atoms with Gasteiger partial charge in [0, 0.05) is 13.1 Å². The van der Waals surface area contributed by atoms with E-state index in [0.717, 1.165) is 24.8 Å². The number of hydrogen-bond donors (Lipinski definition) is 3. The molecular formula is C32H47N3O5. The summed E-state index contributed by atoms with van der Waals surface area (Å²) in [5.74, 6) is -0.509. The van der Waals surface area contributed by atoms with Crippen LogP contribution in [-0.2, 0) is 20.9 Å². The number of phenols is 1. The van der Waals surface area contributed by atoms with E-state index < -0.39 is 23.8 Å². The van der Waals surface area contributed by atoms with E-state index in [1.165, 1.54) is 12.1 Å². The van der Waals surface area contributed by atoms with Crippen molar-refractivity contribution in [2.24, 2.45) is 5.92 Å². The van der Waals surface area contributed by atoms with Crippen LogP contribution in [0.4, 0.5) is 4.79 Å². The second-order valence-corrected chi connectivity index (χ2v) is 11.6. The van der Waals surface area contributed by atoms with Crippen molar-refractivity contribution in [3.8, 4) is 5.75 Å². The molecule has 0 aliphatic rings. The number of amides is 3. The van der Waals surface area contributed by atoms with E-state index in [0.29, 0.717) is 31.5 Å². The number of ether oxygens (including phenoxy) is 1. The van der Waals surface area contributed by atoms with Gasteiger partial charge in [-0.15, -0.1) is 0 Å². The quantitative estimate of drug-likeness (QED) is 0.245. The molecule has 0 saturated heterocycles. The summed E-state index contributed by atoms with van der Waals surface area (Å²) in [6.45, 7) is 12.0. The number of alkyl carbamates (subject to hydrolysis) is 1. The van der Waals surface area contributed by atoms with Gasteiger partial charge >= 0.3 is 6.09 Å². The minimum atomic E-state index is -0.950. The van der Waals surface area contributed by atoms with Gasteiger partial charge in [-0.2, -0.15) is 0 Å².